The van der Waals surface area contributed by atoms with E-state index in [0.29, 0.717) is 10.1 Å². The first-order valence-electron chi connectivity index (χ1n) is 10.6. The number of rotatable bonds is 5. The molecule has 168 valence electrons. The number of amides is 1. The average Bonchev–Trinajstić information content (AvgIpc) is 3.05. The van der Waals surface area contributed by atoms with Crippen LogP contribution in [0.3, 0.4) is 0 Å². The summed E-state index contributed by atoms with van der Waals surface area (Å²) in [5.41, 5.74) is 1.50. The lowest BCUT2D eigenvalue weighted by molar-refractivity contribution is -0.142. The number of aliphatic imine (C=N–C) groups is 1. The number of piperidine rings is 1. The van der Waals surface area contributed by atoms with Crippen molar-refractivity contribution < 1.29 is 18.3 Å². The van der Waals surface area contributed by atoms with Crippen molar-refractivity contribution in [1.82, 2.24) is 10.0 Å². The van der Waals surface area contributed by atoms with Crippen LogP contribution in [0.2, 0.25) is 0 Å². The monoisotopic (exact) mass is 457 g/mol. The average molecular weight is 458 g/mol. The first-order chi connectivity index (χ1) is 15.4. The zero-order chi connectivity index (χ0) is 22.7. The molecule has 0 saturated carbocycles. The number of alkyl halides is 2. The number of thioether (sulfide) groups is 1. The number of halogens is 2. The van der Waals surface area contributed by atoms with Crippen LogP contribution < -0.4 is 4.74 Å². The molecule has 0 bridgehead atoms. The molecule has 0 aromatic heterocycles. The van der Waals surface area contributed by atoms with Gasteiger partial charge in [-0.2, -0.15) is 8.78 Å². The predicted octanol–water partition coefficient (Wildman–Crippen LogP) is 6.07. The molecule has 0 N–H and O–H groups in total. The topological polar surface area (TPSA) is 45.1 Å². The second-order valence-corrected chi connectivity index (χ2v) is 8.92. The summed E-state index contributed by atoms with van der Waals surface area (Å²) in [6.07, 6.45) is 4.93. The van der Waals surface area contributed by atoms with Gasteiger partial charge in [-0.05, 0) is 74.4 Å². The lowest BCUT2D eigenvalue weighted by Crippen LogP contribution is -2.56. The molecule has 32 heavy (non-hydrogen) atoms. The number of hydrazine groups is 1. The van der Waals surface area contributed by atoms with Crippen molar-refractivity contribution in [3.63, 3.8) is 0 Å². The Balaban J connectivity index is 1.67. The Bertz CT molecular complexity index is 1000. The number of nitrogens with zero attached hydrogens (tertiary/aromatic N) is 3. The van der Waals surface area contributed by atoms with Crippen molar-refractivity contribution in [1.29, 1.82) is 0 Å². The number of carbonyl (C=O) groups excluding carboxylic acids is 1. The molecule has 1 amide bonds. The third-order valence-corrected chi connectivity index (χ3v) is 6.51. The number of benzene rings is 2. The summed E-state index contributed by atoms with van der Waals surface area (Å²) in [7, 11) is 0. The molecule has 0 spiro atoms. The molecular formula is C24H25F2N3O2S. The van der Waals surface area contributed by atoms with Gasteiger partial charge in [-0.3, -0.25) is 4.79 Å². The Morgan fingerprint density at radius 3 is 2.34 bits per heavy atom. The maximum absolute atomic E-state index is 13.5. The molecule has 5 nitrogen and oxygen atoms in total. The quantitative estimate of drug-likeness (QED) is 0.511. The number of hydrogen-bond acceptors (Lipinski definition) is 5. The fraction of sp³-hybridized carbons (Fsp3) is 0.333. The molecule has 2 saturated heterocycles. The van der Waals surface area contributed by atoms with Gasteiger partial charge in [-0.25, -0.2) is 15.0 Å². The van der Waals surface area contributed by atoms with E-state index < -0.39 is 6.61 Å². The van der Waals surface area contributed by atoms with Crippen LogP contribution in [0.15, 0.2) is 64.5 Å². The Morgan fingerprint density at radius 1 is 1.06 bits per heavy atom. The van der Waals surface area contributed by atoms with E-state index in [0.717, 1.165) is 30.5 Å². The minimum absolute atomic E-state index is 0.0801. The van der Waals surface area contributed by atoms with E-state index in [2.05, 4.69) is 23.6 Å². The highest BCUT2D eigenvalue weighted by atomic mass is 32.2. The standard InChI is InChI=1S/C24H25F2N3O2S/c1-16-7-6-8-17(2)28(16)29-22(30)21(32-24(29)27-19-9-4-3-5-10-19)15-18-11-13-20(14-12-18)31-23(25)26/h3-5,9-17,23H,6-8H2,1-2H3/b21-15+,27-24?. The number of ether oxygens (including phenoxy) is 1. The van der Waals surface area contributed by atoms with Gasteiger partial charge in [0.2, 0.25) is 0 Å². The van der Waals surface area contributed by atoms with Gasteiger partial charge >= 0.3 is 6.61 Å². The van der Waals surface area contributed by atoms with Crippen molar-refractivity contribution in [2.24, 2.45) is 4.99 Å². The van der Waals surface area contributed by atoms with Crippen LogP contribution in [0.4, 0.5) is 14.5 Å². The van der Waals surface area contributed by atoms with Crippen molar-refractivity contribution in [2.75, 3.05) is 0 Å². The van der Waals surface area contributed by atoms with Crippen molar-refractivity contribution in [3.8, 4) is 5.75 Å². The van der Waals surface area contributed by atoms with E-state index in [-0.39, 0.29) is 23.7 Å². The zero-order valence-electron chi connectivity index (χ0n) is 17.9. The fourth-order valence-corrected chi connectivity index (χ4v) is 5.03. The second-order valence-electron chi connectivity index (χ2n) is 7.91. The van der Waals surface area contributed by atoms with E-state index >= 15 is 0 Å². The molecule has 2 aliphatic rings. The van der Waals surface area contributed by atoms with Gasteiger partial charge in [0.1, 0.15) is 5.75 Å². The number of carbonyl (C=O) groups is 1. The Labute approximate surface area is 190 Å². The summed E-state index contributed by atoms with van der Waals surface area (Å²) in [5, 5.41) is 4.47. The van der Waals surface area contributed by atoms with Crippen LogP contribution in [0.25, 0.3) is 6.08 Å². The largest absolute Gasteiger partial charge is 0.435 e. The summed E-state index contributed by atoms with van der Waals surface area (Å²) >= 11 is 1.32. The van der Waals surface area contributed by atoms with Gasteiger partial charge < -0.3 is 4.74 Å². The third kappa shape index (κ3) is 5.02. The van der Waals surface area contributed by atoms with Gasteiger partial charge in [-0.15, -0.1) is 0 Å². The molecule has 2 unspecified atom stereocenters. The van der Waals surface area contributed by atoms with E-state index in [9.17, 15) is 13.6 Å². The fourth-order valence-electron chi connectivity index (χ4n) is 4.05. The summed E-state index contributed by atoms with van der Waals surface area (Å²) in [6.45, 7) is 1.40. The lowest BCUT2D eigenvalue weighted by atomic mass is 9.99. The molecule has 2 aromatic rings. The van der Waals surface area contributed by atoms with Gasteiger partial charge in [0, 0.05) is 12.1 Å². The Morgan fingerprint density at radius 2 is 1.72 bits per heavy atom. The summed E-state index contributed by atoms with van der Waals surface area (Å²) in [6, 6.07) is 16.2. The first kappa shape index (κ1) is 22.5. The van der Waals surface area contributed by atoms with Crippen LogP contribution >= 0.6 is 11.8 Å². The molecule has 2 heterocycles. The summed E-state index contributed by atoms with van der Waals surface area (Å²) in [4.78, 5) is 18.8. The maximum Gasteiger partial charge on any atom is 0.387 e. The molecule has 0 radical (unpaired) electrons. The van der Waals surface area contributed by atoms with Gasteiger partial charge in [0.25, 0.3) is 5.91 Å². The van der Waals surface area contributed by atoms with E-state index in [4.69, 9.17) is 4.99 Å². The minimum atomic E-state index is -2.87. The Hall–Kier alpha value is -2.71. The minimum Gasteiger partial charge on any atom is -0.435 e. The van der Waals surface area contributed by atoms with Gasteiger partial charge in [0.15, 0.2) is 5.17 Å². The summed E-state index contributed by atoms with van der Waals surface area (Å²) in [5.74, 6) is -0.0466. The first-order valence-corrected chi connectivity index (χ1v) is 11.4. The van der Waals surface area contributed by atoms with Gasteiger partial charge in [0.05, 0.1) is 10.6 Å². The number of para-hydroxylation sites is 1. The normalized spacial score (nSPS) is 24.7. The van der Waals surface area contributed by atoms with Crippen LogP contribution in [-0.2, 0) is 4.79 Å². The molecule has 2 fully saturated rings. The van der Waals surface area contributed by atoms with E-state index in [1.54, 1.807) is 23.2 Å². The molecule has 2 aromatic carbocycles. The molecule has 2 atom stereocenters. The van der Waals surface area contributed by atoms with Crippen molar-refractivity contribution >= 4 is 34.6 Å². The number of hydrogen-bond donors (Lipinski definition) is 0. The van der Waals surface area contributed by atoms with Crippen LogP contribution in [0.1, 0.15) is 38.7 Å². The van der Waals surface area contributed by atoms with Crippen molar-refractivity contribution in [2.45, 2.75) is 51.8 Å². The highest BCUT2D eigenvalue weighted by Gasteiger charge is 2.42. The third-order valence-electron chi connectivity index (χ3n) is 5.55. The molecule has 2 aliphatic heterocycles. The summed E-state index contributed by atoms with van der Waals surface area (Å²) < 4.78 is 29.2. The predicted molar refractivity (Wildman–Crippen MR) is 124 cm³/mol. The molecule has 0 aliphatic carbocycles. The SMILES string of the molecule is CC1CCCC(C)N1N1C(=O)/C(=C\c2ccc(OC(F)F)cc2)SC1=Nc1ccccc1. The van der Waals surface area contributed by atoms with Crippen LogP contribution in [0.5, 0.6) is 5.75 Å². The van der Waals surface area contributed by atoms with E-state index in [1.165, 1.54) is 23.9 Å². The molecular weight excluding hydrogens is 432 g/mol. The van der Waals surface area contributed by atoms with Crippen LogP contribution in [-0.4, -0.2) is 39.8 Å². The molecule has 4 rings (SSSR count). The number of amidine groups is 1. The molecule has 8 heteroatoms. The van der Waals surface area contributed by atoms with Crippen LogP contribution in [0, 0.1) is 0 Å². The zero-order valence-corrected chi connectivity index (χ0v) is 18.8. The maximum atomic E-state index is 13.5. The Kier molecular flexibility index (Phi) is 6.91. The van der Waals surface area contributed by atoms with Gasteiger partial charge in [-0.1, -0.05) is 36.8 Å². The van der Waals surface area contributed by atoms with E-state index in [1.807, 2.05) is 30.3 Å². The van der Waals surface area contributed by atoms with Crippen molar-refractivity contribution in [3.05, 3.63) is 65.1 Å². The highest BCUT2D eigenvalue weighted by molar-refractivity contribution is 8.18. The second kappa shape index (κ2) is 9.83. The lowest BCUT2D eigenvalue weighted by Gasteiger charge is -2.43. The highest BCUT2D eigenvalue weighted by Crippen LogP contribution is 2.38. The smallest absolute Gasteiger partial charge is 0.387 e.